The number of aromatic carboxylic acids is 1. The molecule has 13 heteroatoms. The lowest BCUT2D eigenvalue weighted by Gasteiger charge is -2.26. The Labute approximate surface area is 271 Å². The Hall–Kier alpha value is -3.54. The van der Waals surface area contributed by atoms with Gasteiger partial charge in [-0.2, -0.15) is 0 Å². The summed E-state index contributed by atoms with van der Waals surface area (Å²) in [5.74, 6) is -2.85. The first-order chi connectivity index (χ1) is 19.9. The van der Waals surface area contributed by atoms with Gasteiger partial charge in [-0.25, -0.2) is 14.4 Å². The molecule has 0 spiro atoms. The molecule has 44 heavy (non-hydrogen) atoms. The van der Waals surface area contributed by atoms with Crippen LogP contribution >= 0.6 is 24.8 Å². The largest absolute Gasteiger partial charge is 0.481 e. The Balaban J connectivity index is 0.00000924. The number of aliphatic carboxylic acids is 1. The van der Waals surface area contributed by atoms with E-state index >= 15 is 0 Å². The Morgan fingerprint density at radius 3 is 2.18 bits per heavy atom. The first-order valence-electron chi connectivity index (χ1n) is 14.1. The molecule has 0 saturated heterocycles. The first kappa shape index (κ1) is 40.5. The predicted octanol–water partition coefficient (Wildman–Crippen LogP) is 4.63. The van der Waals surface area contributed by atoms with E-state index in [0.717, 1.165) is 24.8 Å². The number of ether oxygens (including phenoxy) is 2. The number of amides is 2. The molecule has 5 N–H and O–H groups in total. The topological polar surface area (TPSA) is 163 Å². The van der Waals surface area contributed by atoms with Crippen LogP contribution in [0.15, 0.2) is 48.5 Å². The van der Waals surface area contributed by atoms with Gasteiger partial charge in [0.05, 0.1) is 6.04 Å². The van der Waals surface area contributed by atoms with E-state index in [-0.39, 0.29) is 55.0 Å². The second-order valence-corrected chi connectivity index (χ2v) is 11.0. The van der Waals surface area contributed by atoms with E-state index in [0.29, 0.717) is 18.5 Å². The molecule has 0 unspecified atom stereocenters. The maximum absolute atomic E-state index is 13.3. The van der Waals surface area contributed by atoms with Crippen molar-refractivity contribution >= 4 is 48.8 Å². The van der Waals surface area contributed by atoms with Crippen molar-refractivity contribution in [2.45, 2.75) is 77.5 Å². The van der Waals surface area contributed by atoms with Gasteiger partial charge in [-0.3, -0.25) is 4.79 Å². The minimum atomic E-state index is -1.28. The van der Waals surface area contributed by atoms with E-state index in [1.807, 2.05) is 30.3 Å². The highest BCUT2D eigenvalue weighted by atomic mass is 35.5. The zero-order valence-corrected chi connectivity index (χ0v) is 27.2. The minimum absolute atomic E-state index is 0. The average Bonchev–Trinajstić information content (AvgIpc) is 2.91. The lowest BCUT2D eigenvalue weighted by atomic mass is 10.0. The molecule has 0 bridgehead atoms. The van der Waals surface area contributed by atoms with E-state index in [9.17, 15) is 24.3 Å². The molecule has 0 saturated carbocycles. The van der Waals surface area contributed by atoms with Gasteiger partial charge < -0.3 is 35.6 Å². The molecule has 0 aliphatic carbocycles. The third kappa shape index (κ3) is 15.8. The molecule has 2 amide bonds. The van der Waals surface area contributed by atoms with Crippen molar-refractivity contribution in [3.05, 3.63) is 65.2 Å². The molecule has 0 radical (unpaired) electrons. The summed E-state index contributed by atoms with van der Waals surface area (Å²) in [4.78, 5) is 48.6. The summed E-state index contributed by atoms with van der Waals surface area (Å²) in [5, 5.41) is 27.7. The fourth-order valence-electron chi connectivity index (χ4n) is 4.17. The standard InChI is InChI=1S/C31H43N3O8.2ClH/c1-5-6-10-15-32-28(37)25(18-22-13-14-26(41-20-27(35)36)24(17-22)29(38)39)33-19-23(16-21-11-8-7-9-12-21)34-30(40)42-31(2,3)4;;/h7-9,11-14,17,23,25,33H,5-6,10,15-16,18-20H2,1-4H3,(H,32,37)(H,34,40)(H,35,36)(H,38,39);2*1H/t23-,25-;;/m0../s1. The number of halogens is 2. The van der Waals surface area contributed by atoms with Crippen LogP contribution in [0.1, 0.15) is 68.4 Å². The third-order valence-electron chi connectivity index (χ3n) is 6.12. The van der Waals surface area contributed by atoms with Gasteiger partial charge in [-0.1, -0.05) is 56.2 Å². The molecule has 246 valence electrons. The van der Waals surface area contributed by atoms with Gasteiger partial charge in [0.15, 0.2) is 6.61 Å². The highest BCUT2D eigenvalue weighted by molar-refractivity contribution is 5.91. The Kier molecular flexibility index (Phi) is 18.8. The third-order valence-corrected chi connectivity index (χ3v) is 6.12. The van der Waals surface area contributed by atoms with Gasteiger partial charge in [0.25, 0.3) is 0 Å². The number of carbonyl (C=O) groups excluding carboxylic acids is 2. The number of rotatable bonds is 17. The second kappa shape index (κ2) is 20.4. The summed E-state index contributed by atoms with van der Waals surface area (Å²) < 4.78 is 10.6. The summed E-state index contributed by atoms with van der Waals surface area (Å²) in [6.07, 6.45) is 2.85. The quantitative estimate of drug-likeness (QED) is 0.153. The number of benzene rings is 2. The van der Waals surface area contributed by atoms with E-state index in [1.54, 1.807) is 26.8 Å². The average molecular weight is 659 g/mol. The van der Waals surface area contributed by atoms with Crippen LogP contribution in [0.25, 0.3) is 0 Å². The van der Waals surface area contributed by atoms with Crippen molar-refractivity contribution in [3.63, 3.8) is 0 Å². The van der Waals surface area contributed by atoms with Crippen molar-refractivity contribution in [1.29, 1.82) is 0 Å². The zero-order chi connectivity index (χ0) is 31.1. The van der Waals surface area contributed by atoms with Crippen LogP contribution in [-0.4, -0.2) is 71.5 Å². The monoisotopic (exact) mass is 657 g/mol. The lowest BCUT2D eigenvalue weighted by molar-refractivity contribution is -0.139. The highest BCUT2D eigenvalue weighted by Crippen LogP contribution is 2.21. The molecule has 2 atom stereocenters. The number of hydrogen-bond acceptors (Lipinski definition) is 7. The number of carboxylic acids is 2. The highest BCUT2D eigenvalue weighted by Gasteiger charge is 2.24. The van der Waals surface area contributed by atoms with Gasteiger partial charge in [0.2, 0.25) is 5.91 Å². The van der Waals surface area contributed by atoms with Crippen LogP contribution in [0, 0.1) is 0 Å². The number of hydrogen-bond donors (Lipinski definition) is 5. The Morgan fingerprint density at radius 2 is 1.59 bits per heavy atom. The molecule has 2 rings (SSSR count). The van der Waals surface area contributed by atoms with Crippen LogP contribution in [0.2, 0.25) is 0 Å². The van der Waals surface area contributed by atoms with Crippen molar-refractivity contribution in [3.8, 4) is 5.75 Å². The van der Waals surface area contributed by atoms with E-state index < -0.39 is 42.3 Å². The molecule has 0 aliphatic rings. The van der Waals surface area contributed by atoms with Crippen LogP contribution in [0.4, 0.5) is 4.79 Å². The molecule has 0 aromatic heterocycles. The van der Waals surface area contributed by atoms with Gasteiger partial charge >= 0.3 is 18.0 Å². The smallest absolute Gasteiger partial charge is 0.407 e. The fourth-order valence-corrected chi connectivity index (χ4v) is 4.17. The van der Waals surface area contributed by atoms with Crippen LogP contribution in [-0.2, 0) is 27.2 Å². The van der Waals surface area contributed by atoms with E-state index in [1.165, 1.54) is 12.1 Å². The van der Waals surface area contributed by atoms with Crippen LogP contribution in [0.3, 0.4) is 0 Å². The fraction of sp³-hybridized carbons (Fsp3) is 0.484. The summed E-state index contributed by atoms with van der Waals surface area (Å²) in [7, 11) is 0. The summed E-state index contributed by atoms with van der Waals surface area (Å²) in [6.45, 7) is 7.44. The summed E-state index contributed by atoms with van der Waals surface area (Å²) >= 11 is 0. The molecule has 11 nitrogen and oxygen atoms in total. The Bertz CT molecular complexity index is 1190. The number of alkyl carbamates (subject to hydrolysis) is 1. The van der Waals surface area contributed by atoms with Gasteiger partial charge in [-0.15, -0.1) is 24.8 Å². The first-order valence-corrected chi connectivity index (χ1v) is 14.1. The molecule has 2 aromatic rings. The maximum atomic E-state index is 13.3. The SMILES string of the molecule is CCCCCNC(=O)[C@H](Cc1ccc(OCC(=O)O)c(C(=O)O)c1)NC[C@H](Cc1ccccc1)NC(=O)OC(C)(C)C.Cl.Cl. The van der Waals surface area contributed by atoms with Crippen LogP contribution < -0.4 is 20.7 Å². The van der Waals surface area contributed by atoms with Crippen molar-refractivity contribution < 1.29 is 38.9 Å². The minimum Gasteiger partial charge on any atom is -0.481 e. The molecule has 0 fully saturated rings. The summed E-state index contributed by atoms with van der Waals surface area (Å²) in [5.41, 5.74) is 0.641. The number of unbranched alkanes of at least 4 members (excludes halogenated alkanes) is 2. The molecular formula is C31H45Cl2N3O8. The van der Waals surface area contributed by atoms with Crippen LogP contribution in [0.5, 0.6) is 5.75 Å². The predicted molar refractivity (Wildman–Crippen MR) is 172 cm³/mol. The van der Waals surface area contributed by atoms with Gasteiger partial charge in [-0.05, 0) is 63.3 Å². The molecule has 0 heterocycles. The number of carbonyl (C=O) groups is 4. The molecule has 0 aliphatic heterocycles. The summed E-state index contributed by atoms with van der Waals surface area (Å²) in [6, 6.07) is 12.8. The maximum Gasteiger partial charge on any atom is 0.407 e. The second-order valence-electron chi connectivity index (χ2n) is 11.0. The van der Waals surface area contributed by atoms with E-state index in [2.05, 4.69) is 22.9 Å². The lowest BCUT2D eigenvalue weighted by Crippen LogP contribution is -2.52. The number of carboxylic acid groups (broad SMARTS) is 2. The number of nitrogens with one attached hydrogen (secondary N) is 3. The normalized spacial score (nSPS) is 12.0. The molecular weight excluding hydrogens is 613 g/mol. The van der Waals surface area contributed by atoms with Gasteiger partial charge in [0.1, 0.15) is 16.9 Å². The zero-order valence-electron chi connectivity index (χ0n) is 25.6. The van der Waals surface area contributed by atoms with Crippen molar-refractivity contribution in [2.75, 3.05) is 19.7 Å². The van der Waals surface area contributed by atoms with Crippen molar-refractivity contribution in [2.24, 2.45) is 0 Å². The van der Waals surface area contributed by atoms with E-state index in [4.69, 9.17) is 14.6 Å². The Morgan fingerprint density at radius 1 is 0.909 bits per heavy atom. The van der Waals surface area contributed by atoms with Gasteiger partial charge in [0, 0.05) is 19.1 Å². The van der Waals surface area contributed by atoms with Crippen molar-refractivity contribution in [1.82, 2.24) is 16.0 Å². The molecule has 2 aromatic carbocycles.